The molecule has 0 unspecified atom stereocenters. The molecule has 43 heavy (non-hydrogen) atoms. The number of hydrogen-bond donors (Lipinski definition) is 0. The molecule has 7 aromatic rings. The van der Waals surface area contributed by atoms with E-state index in [1.54, 1.807) is 11.8 Å². The van der Waals surface area contributed by atoms with E-state index in [2.05, 4.69) is 108 Å². The zero-order valence-corrected chi connectivity index (χ0v) is 27.2. The topological polar surface area (TPSA) is 40.0 Å². The second-order valence-electron chi connectivity index (χ2n) is 11.5. The van der Waals surface area contributed by atoms with Gasteiger partial charge in [-0.2, -0.15) is 12.1 Å². The summed E-state index contributed by atoms with van der Waals surface area (Å²) in [7, 11) is 2.01. The van der Waals surface area contributed by atoms with Gasteiger partial charge in [-0.15, -0.1) is 51.9 Å². The van der Waals surface area contributed by atoms with Gasteiger partial charge < -0.3 is 14.1 Å². The van der Waals surface area contributed by atoms with Crippen molar-refractivity contribution in [2.24, 2.45) is 7.05 Å². The van der Waals surface area contributed by atoms with E-state index in [4.69, 9.17) is 11.6 Å². The largest absolute Gasteiger partial charge is 2.00 e. The summed E-state index contributed by atoms with van der Waals surface area (Å²) >= 11 is 1.55. The van der Waals surface area contributed by atoms with Gasteiger partial charge in [-0.05, 0) is 51.7 Å². The Morgan fingerprint density at radius 1 is 0.860 bits per heavy atom. The minimum atomic E-state index is 0. The molecule has 0 saturated carbocycles. The van der Waals surface area contributed by atoms with Crippen LogP contribution in [0.5, 0.6) is 0 Å². The molecule has 0 N–H and O–H groups in total. The van der Waals surface area contributed by atoms with Crippen LogP contribution < -0.4 is 0 Å². The summed E-state index contributed by atoms with van der Waals surface area (Å²) in [6.45, 7) is 14.4. The molecule has 0 aliphatic heterocycles. The normalized spacial score (nSPS) is 11.6. The summed E-state index contributed by atoms with van der Waals surface area (Å²) in [6, 6.07) is 32.0. The number of fused-ring (bicyclic) bond motifs is 4. The molecular formula is C36H27N5PtS. The molecule has 0 atom stereocenters. The Kier molecular flexibility index (Phi) is 7.50. The fraction of sp³-hybridized carbons (Fsp3) is 0.139. The first kappa shape index (κ1) is 28.9. The van der Waals surface area contributed by atoms with Gasteiger partial charge in [0.25, 0.3) is 0 Å². The smallest absolute Gasteiger partial charge is 0.349 e. The van der Waals surface area contributed by atoms with Crippen LogP contribution in [0.15, 0.2) is 101 Å². The van der Waals surface area contributed by atoms with Crippen molar-refractivity contribution < 1.29 is 21.1 Å². The number of aryl methyl sites for hydroxylation is 1. The van der Waals surface area contributed by atoms with E-state index in [-0.39, 0.29) is 26.5 Å². The molecule has 0 bridgehead atoms. The average molecular weight is 757 g/mol. The Bertz CT molecular complexity index is 2200. The molecule has 7 rings (SSSR count). The summed E-state index contributed by atoms with van der Waals surface area (Å²) in [5, 5.41) is 3.39. The van der Waals surface area contributed by atoms with Crippen LogP contribution in [0.3, 0.4) is 0 Å². The van der Waals surface area contributed by atoms with Gasteiger partial charge in [0.15, 0.2) is 0 Å². The Labute approximate surface area is 269 Å². The van der Waals surface area contributed by atoms with Crippen molar-refractivity contribution in [1.29, 1.82) is 0 Å². The number of rotatable bonds is 4. The summed E-state index contributed by atoms with van der Waals surface area (Å²) in [5.41, 5.74) is 6.51. The number of nitrogens with zero attached hydrogens (tertiary/aromatic N) is 5. The van der Waals surface area contributed by atoms with E-state index in [1.807, 2.05) is 42.3 Å². The first-order chi connectivity index (χ1) is 20.3. The standard InChI is InChI=1S/C36H27N5S.Pt/c1-36(2,3)25-12-14-38-35(19-25)41-32-9-7-6-8-29(32)30-11-10-27(21-33(30)41)42-28-17-24(16-26(20-28)37-4)31-18-23-13-15-40(5)34(23)22-39-31;/h6-16,18-20,22H,1-3,5H3;/q-2;+2. The second-order valence-corrected chi connectivity index (χ2v) is 12.6. The van der Waals surface area contributed by atoms with Crippen LogP contribution in [0.2, 0.25) is 0 Å². The third-order valence-corrected chi connectivity index (χ3v) is 8.52. The Hall–Kier alpha value is -4.17. The summed E-state index contributed by atoms with van der Waals surface area (Å²) in [6.07, 6.45) is 5.79. The molecule has 0 aliphatic carbocycles. The van der Waals surface area contributed by atoms with Crippen LogP contribution in [-0.2, 0) is 33.5 Å². The van der Waals surface area contributed by atoms with Gasteiger partial charge in [-0.1, -0.05) is 55.4 Å². The number of pyridine rings is 2. The Morgan fingerprint density at radius 3 is 2.51 bits per heavy atom. The first-order valence-corrected chi connectivity index (χ1v) is 14.6. The molecule has 4 heterocycles. The fourth-order valence-corrected chi connectivity index (χ4v) is 6.26. The van der Waals surface area contributed by atoms with Gasteiger partial charge >= 0.3 is 21.1 Å². The average Bonchev–Trinajstić information content (AvgIpc) is 3.53. The molecule has 0 aliphatic rings. The maximum atomic E-state index is 7.73. The molecule has 0 fully saturated rings. The molecule has 212 valence electrons. The molecule has 0 radical (unpaired) electrons. The minimum absolute atomic E-state index is 0. The van der Waals surface area contributed by atoms with E-state index >= 15 is 0 Å². The molecule has 5 nitrogen and oxygen atoms in total. The van der Waals surface area contributed by atoms with Crippen LogP contribution in [-0.4, -0.2) is 19.1 Å². The van der Waals surface area contributed by atoms with Crippen LogP contribution in [0, 0.1) is 18.7 Å². The molecule has 4 aromatic heterocycles. The maximum absolute atomic E-state index is 7.73. The Morgan fingerprint density at radius 2 is 1.70 bits per heavy atom. The van der Waals surface area contributed by atoms with E-state index in [1.165, 1.54) is 5.56 Å². The minimum Gasteiger partial charge on any atom is -0.349 e. The molecule has 0 amide bonds. The SMILES string of the molecule is [C-]#[N+]c1cc(Sc2[c-]c3c(cc2)c2ccccc2n3-c2cc(C(C)(C)C)ccn2)[c-]c(-c2cc3ccn(C)c3cn2)c1.[Pt+2]. The maximum Gasteiger partial charge on any atom is 2.00 e. The summed E-state index contributed by atoms with van der Waals surface area (Å²) < 4.78 is 4.25. The number of benzene rings is 3. The predicted molar refractivity (Wildman–Crippen MR) is 171 cm³/mol. The fourth-order valence-electron chi connectivity index (χ4n) is 5.40. The van der Waals surface area contributed by atoms with Crippen molar-refractivity contribution >= 4 is 50.2 Å². The van der Waals surface area contributed by atoms with Crippen molar-refractivity contribution in [1.82, 2.24) is 19.1 Å². The molecule has 3 aromatic carbocycles. The van der Waals surface area contributed by atoms with E-state index in [0.29, 0.717) is 5.69 Å². The first-order valence-electron chi connectivity index (χ1n) is 13.7. The van der Waals surface area contributed by atoms with Gasteiger partial charge in [0.1, 0.15) is 11.5 Å². The quantitative estimate of drug-likeness (QED) is 0.168. The van der Waals surface area contributed by atoms with Gasteiger partial charge in [0, 0.05) is 31.2 Å². The number of hydrogen-bond acceptors (Lipinski definition) is 3. The zero-order valence-electron chi connectivity index (χ0n) is 24.1. The van der Waals surface area contributed by atoms with Gasteiger partial charge in [0.2, 0.25) is 0 Å². The van der Waals surface area contributed by atoms with Gasteiger partial charge in [-0.25, -0.2) is 4.98 Å². The van der Waals surface area contributed by atoms with Crippen molar-refractivity contribution in [3.05, 3.63) is 121 Å². The van der Waals surface area contributed by atoms with Gasteiger partial charge in [-0.3, -0.25) is 4.85 Å². The molecule has 7 heteroatoms. The summed E-state index contributed by atoms with van der Waals surface area (Å²) in [5.74, 6) is 0.873. The monoisotopic (exact) mass is 756 g/mol. The second kappa shape index (κ2) is 11.2. The molecule has 0 saturated heterocycles. The van der Waals surface area contributed by atoms with E-state index in [0.717, 1.165) is 59.6 Å². The van der Waals surface area contributed by atoms with Crippen LogP contribution in [0.25, 0.3) is 54.6 Å². The van der Waals surface area contributed by atoms with Crippen molar-refractivity contribution in [2.75, 3.05) is 0 Å². The molecule has 0 spiro atoms. The molecular weight excluding hydrogens is 730 g/mol. The van der Waals surface area contributed by atoms with Gasteiger partial charge in [0.05, 0.1) is 12.1 Å². The van der Waals surface area contributed by atoms with Crippen molar-refractivity contribution in [3.8, 4) is 17.1 Å². The number of aromatic nitrogens is 4. The third kappa shape index (κ3) is 5.29. The Balaban J connectivity index is 0.00000329. The van der Waals surface area contributed by atoms with Crippen LogP contribution >= 0.6 is 11.8 Å². The van der Waals surface area contributed by atoms with Crippen LogP contribution in [0.1, 0.15) is 26.3 Å². The zero-order chi connectivity index (χ0) is 29.0. The van der Waals surface area contributed by atoms with E-state index in [9.17, 15) is 0 Å². The predicted octanol–water partition coefficient (Wildman–Crippen LogP) is 9.33. The van der Waals surface area contributed by atoms with Crippen LogP contribution in [0.4, 0.5) is 5.69 Å². The van der Waals surface area contributed by atoms with Crippen molar-refractivity contribution in [3.63, 3.8) is 0 Å². The third-order valence-electron chi connectivity index (χ3n) is 7.62. The van der Waals surface area contributed by atoms with E-state index < -0.39 is 0 Å². The van der Waals surface area contributed by atoms with Crippen molar-refractivity contribution in [2.45, 2.75) is 36.0 Å². The summed E-state index contributed by atoms with van der Waals surface area (Å²) in [4.78, 5) is 15.0. The number of para-hydroxylation sites is 1.